The molecule has 1 radical (unpaired) electrons. The lowest BCUT2D eigenvalue weighted by atomic mass is 9.92. The van der Waals surface area contributed by atoms with Crippen LogP contribution in [0.2, 0.25) is 0 Å². The Labute approximate surface area is 59.6 Å². The molecule has 10 heavy (non-hydrogen) atoms. The van der Waals surface area contributed by atoms with E-state index in [1.54, 1.807) is 0 Å². The lowest BCUT2D eigenvalue weighted by Gasteiger charge is -2.09. The lowest BCUT2D eigenvalue weighted by molar-refractivity contribution is -0.121. The fraction of sp³-hybridized carbons (Fsp3) is 0.375. The number of nitrogens with one attached hydrogen (secondary N) is 1. The highest BCUT2D eigenvalue weighted by Gasteiger charge is 2.31. The van der Waals surface area contributed by atoms with Gasteiger partial charge in [-0.2, -0.15) is 0 Å². The van der Waals surface area contributed by atoms with E-state index in [9.17, 15) is 4.79 Å². The van der Waals surface area contributed by atoms with E-state index in [1.807, 2.05) is 12.2 Å². The van der Waals surface area contributed by atoms with Gasteiger partial charge in [-0.05, 0) is 6.08 Å². The van der Waals surface area contributed by atoms with Crippen LogP contribution in [0.5, 0.6) is 0 Å². The van der Waals surface area contributed by atoms with Gasteiger partial charge in [-0.1, -0.05) is 18.2 Å². The molecule has 2 unspecified atom stereocenters. The van der Waals surface area contributed by atoms with Gasteiger partial charge in [-0.25, -0.2) is 0 Å². The van der Waals surface area contributed by atoms with Crippen LogP contribution in [0.15, 0.2) is 18.2 Å². The van der Waals surface area contributed by atoms with Gasteiger partial charge in [0.1, 0.15) is 0 Å². The number of fused-ring (bicyclic) bond motifs is 1. The summed E-state index contributed by atoms with van der Waals surface area (Å²) < 4.78 is 0. The number of hydrogen-bond donors (Lipinski definition) is 1. The third-order valence-electron chi connectivity index (χ3n) is 1.95. The number of allylic oxidation sites excluding steroid dienone is 2. The largest absolute Gasteiger partial charge is 0.355 e. The highest BCUT2D eigenvalue weighted by atomic mass is 16.2. The first-order chi connectivity index (χ1) is 4.88. The number of carbonyl (C=O) groups excluding carboxylic acids is 1. The molecule has 0 aromatic rings. The van der Waals surface area contributed by atoms with E-state index in [0.717, 1.165) is 6.54 Å². The number of hydrogen-bond acceptors (Lipinski definition) is 1. The van der Waals surface area contributed by atoms with Crippen molar-refractivity contribution >= 4 is 5.91 Å². The minimum Gasteiger partial charge on any atom is -0.355 e. The van der Waals surface area contributed by atoms with Crippen LogP contribution in [0, 0.1) is 17.9 Å². The molecule has 1 N–H and O–H groups in total. The average Bonchev–Trinajstić information content (AvgIpc) is 2.34. The van der Waals surface area contributed by atoms with Gasteiger partial charge in [0.05, 0.1) is 5.92 Å². The van der Waals surface area contributed by atoms with Crippen LogP contribution in [-0.4, -0.2) is 12.5 Å². The van der Waals surface area contributed by atoms with E-state index in [2.05, 4.69) is 17.5 Å². The first-order valence-electron chi connectivity index (χ1n) is 3.42. The van der Waals surface area contributed by atoms with Crippen LogP contribution in [0.25, 0.3) is 0 Å². The van der Waals surface area contributed by atoms with Gasteiger partial charge >= 0.3 is 0 Å². The summed E-state index contributed by atoms with van der Waals surface area (Å²) in [7, 11) is 0. The van der Waals surface area contributed by atoms with Crippen LogP contribution in [0.1, 0.15) is 0 Å². The molecule has 0 bridgehead atoms. The molecule has 2 atom stereocenters. The number of amides is 1. The normalized spacial score (nSPS) is 35.8. The zero-order valence-electron chi connectivity index (χ0n) is 5.50. The van der Waals surface area contributed by atoms with Crippen LogP contribution in [-0.2, 0) is 4.79 Å². The highest BCUT2D eigenvalue weighted by molar-refractivity contribution is 5.82. The summed E-state index contributed by atoms with van der Waals surface area (Å²) in [6.45, 7) is 0.779. The second-order valence-electron chi connectivity index (χ2n) is 2.60. The van der Waals surface area contributed by atoms with E-state index in [1.165, 1.54) is 0 Å². The predicted octanol–water partition coefficient (Wildman–Crippen LogP) is 0.278. The van der Waals surface area contributed by atoms with Gasteiger partial charge in [-0.15, -0.1) is 0 Å². The Hall–Kier alpha value is -1.05. The molecular formula is C8H8NO. The zero-order valence-corrected chi connectivity index (χ0v) is 5.50. The number of rotatable bonds is 0. The van der Waals surface area contributed by atoms with E-state index in [-0.39, 0.29) is 11.8 Å². The minimum atomic E-state index is -0.00926. The van der Waals surface area contributed by atoms with Crippen molar-refractivity contribution in [2.45, 2.75) is 0 Å². The molecule has 1 saturated heterocycles. The minimum absolute atomic E-state index is 0.00926. The zero-order chi connectivity index (χ0) is 6.97. The summed E-state index contributed by atoms with van der Waals surface area (Å²) in [4.78, 5) is 11.0. The molecular weight excluding hydrogens is 126 g/mol. The first-order valence-corrected chi connectivity index (χ1v) is 3.42. The van der Waals surface area contributed by atoms with E-state index in [0.29, 0.717) is 5.92 Å². The highest BCUT2D eigenvalue weighted by Crippen LogP contribution is 2.22. The lowest BCUT2D eigenvalue weighted by Crippen LogP contribution is -2.18. The number of carbonyl (C=O) groups is 1. The SMILES string of the molecule is O=C1NCC2C=CC=[C]C12. The molecule has 2 heteroatoms. The van der Waals surface area contributed by atoms with Gasteiger partial charge in [0, 0.05) is 12.5 Å². The molecule has 2 aliphatic rings. The summed E-state index contributed by atoms with van der Waals surface area (Å²) in [5, 5.41) is 2.79. The molecule has 0 saturated carbocycles. The molecule has 0 aromatic carbocycles. The van der Waals surface area contributed by atoms with E-state index in [4.69, 9.17) is 0 Å². The smallest absolute Gasteiger partial charge is 0.228 e. The third kappa shape index (κ3) is 0.685. The van der Waals surface area contributed by atoms with Gasteiger partial charge in [-0.3, -0.25) is 4.79 Å². The fourth-order valence-electron chi connectivity index (χ4n) is 1.38. The first kappa shape index (κ1) is 5.71. The monoisotopic (exact) mass is 134 g/mol. The topological polar surface area (TPSA) is 29.1 Å². The molecule has 1 amide bonds. The Bertz CT molecular complexity index is 217. The molecule has 1 heterocycles. The molecule has 51 valence electrons. The second-order valence-corrected chi connectivity index (χ2v) is 2.60. The molecule has 0 spiro atoms. The molecule has 1 aliphatic carbocycles. The predicted molar refractivity (Wildman–Crippen MR) is 36.9 cm³/mol. The van der Waals surface area contributed by atoms with Gasteiger partial charge in [0.2, 0.25) is 5.91 Å². The van der Waals surface area contributed by atoms with Crippen LogP contribution < -0.4 is 5.32 Å². The maximum Gasteiger partial charge on any atom is 0.228 e. The molecule has 1 fully saturated rings. The molecule has 2 rings (SSSR count). The molecule has 1 aliphatic heterocycles. The average molecular weight is 134 g/mol. The van der Waals surface area contributed by atoms with Crippen molar-refractivity contribution in [1.29, 1.82) is 0 Å². The fourth-order valence-corrected chi connectivity index (χ4v) is 1.38. The van der Waals surface area contributed by atoms with Crippen LogP contribution in [0.4, 0.5) is 0 Å². The van der Waals surface area contributed by atoms with E-state index >= 15 is 0 Å². The second kappa shape index (κ2) is 1.97. The van der Waals surface area contributed by atoms with E-state index < -0.39 is 0 Å². The molecule has 2 nitrogen and oxygen atoms in total. The standard InChI is InChI=1S/C8H8NO/c10-8-7-4-2-1-3-6(7)5-9-8/h1-3,6-7H,5H2,(H,9,10). The van der Waals surface area contributed by atoms with Gasteiger partial charge in [0.25, 0.3) is 0 Å². The maximum atomic E-state index is 11.0. The van der Waals surface area contributed by atoms with Crippen LogP contribution in [0.3, 0.4) is 0 Å². The van der Waals surface area contributed by atoms with Crippen molar-refractivity contribution in [1.82, 2.24) is 5.32 Å². The van der Waals surface area contributed by atoms with Crippen molar-refractivity contribution in [3.8, 4) is 0 Å². The summed E-state index contributed by atoms with van der Waals surface area (Å²) in [5.74, 6) is 0.466. The van der Waals surface area contributed by atoms with Crippen molar-refractivity contribution in [2.24, 2.45) is 11.8 Å². The Kier molecular flexibility index (Phi) is 1.13. The Morgan fingerprint density at radius 1 is 1.70 bits per heavy atom. The van der Waals surface area contributed by atoms with Crippen LogP contribution >= 0.6 is 0 Å². The third-order valence-corrected chi connectivity index (χ3v) is 1.95. The van der Waals surface area contributed by atoms with Crippen molar-refractivity contribution in [3.05, 3.63) is 24.3 Å². The Morgan fingerprint density at radius 3 is 3.40 bits per heavy atom. The van der Waals surface area contributed by atoms with Crippen molar-refractivity contribution in [2.75, 3.05) is 6.54 Å². The maximum absolute atomic E-state index is 11.0. The summed E-state index contributed by atoms with van der Waals surface area (Å²) in [6.07, 6.45) is 8.82. The van der Waals surface area contributed by atoms with Crippen molar-refractivity contribution in [3.63, 3.8) is 0 Å². The van der Waals surface area contributed by atoms with Crippen molar-refractivity contribution < 1.29 is 4.79 Å². The Balaban J connectivity index is 2.27. The summed E-state index contributed by atoms with van der Waals surface area (Å²) >= 11 is 0. The van der Waals surface area contributed by atoms with Gasteiger partial charge < -0.3 is 5.32 Å². The summed E-state index contributed by atoms with van der Waals surface area (Å²) in [6, 6.07) is 0. The quantitative estimate of drug-likeness (QED) is 0.506. The van der Waals surface area contributed by atoms with Gasteiger partial charge in [0.15, 0.2) is 0 Å². The molecule has 0 aromatic heterocycles. The Morgan fingerprint density at radius 2 is 2.60 bits per heavy atom. The summed E-state index contributed by atoms with van der Waals surface area (Å²) in [5.41, 5.74) is 0.